The molecule has 0 aromatic rings. The molecule has 86 valence electrons. The largest absolute Gasteiger partial charge is 0.481 e. The zero-order valence-corrected chi connectivity index (χ0v) is 9.83. The second-order valence-corrected chi connectivity index (χ2v) is 7.13. The van der Waals surface area contributed by atoms with Crippen LogP contribution in [0.4, 0.5) is 0 Å². The van der Waals surface area contributed by atoms with E-state index >= 15 is 0 Å². The van der Waals surface area contributed by atoms with Gasteiger partial charge in [-0.2, -0.15) is 0 Å². The van der Waals surface area contributed by atoms with Crippen molar-refractivity contribution in [3.05, 3.63) is 0 Å². The van der Waals surface area contributed by atoms with E-state index in [0.29, 0.717) is 0 Å². The second kappa shape index (κ2) is 1.77. The van der Waals surface area contributed by atoms with Crippen LogP contribution in [0.2, 0.25) is 0 Å². The third-order valence-corrected chi connectivity index (χ3v) is 6.72. The van der Waals surface area contributed by atoms with Crippen LogP contribution in [0.3, 0.4) is 0 Å². The smallest absolute Gasteiger partial charge is 0.314 e. The van der Waals surface area contributed by atoms with Gasteiger partial charge in [0, 0.05) is 5.41 Å². The zero-order chi connectivity index (χ0) is 11.7. The number of hydrogen-bond acceptors (Lipinski definition) is 2. The molecule has 0 heterocycles. The minimum atomic E-state index is -0.891. The first-order valence-corrected chi connectivity index (χ1v) is 6.03. The molecular formula is C13H16O3. The SMILES string of the molecule is CC12CC3(C)C(=O)C(C(=O)O)C4C(C)(C1)C423. The first kappa shape index (κ1) is 9.20. The van der Waals surface area contributed by atoms with Gasteiger partial charge in [0.25, 0.3) is 0 Å². The highest BCUT2D eigenvalue weighted by molar-refractivity contribution is 6.08. The third kappa shape index (κ3) is 0.443. The van der Waals surface area contributed by atoms with E-state index in [2.05, 4.69) is 13.8 Å². The maximum atomic E-state index is 12.2. The average molecular weight is 220 g/mol. The molecule has 0 bridgehead atoms. The van der Waals surface area contributed by atoms with Crippen molar-refractivity contribution < 1.29 is 14.7 Å². The van der Waals surface area contributed by atoms with Crippen LogP contribution in [0.1, 0.15) is 33.6 Å². The van der Waals surface area contributed by atoms with Gasteiger partial charge in [0.15, 0.2) is 5.78 Å². The molecule has 3 heteroatoms. The predicted octanol–water partition coefficient (Wildman–Crippen LogP) is 1.71. The van der Waals surface area contributed by atoms with Crippen molar-refractivity contribution in [1.29, 1.82) is 0 Å². The number of hydrogen-bond donors (Lipinski definition) is 1. The number of carboxylic acid groups (broad SMARTS) is 1. The Kier molecular flexibility index (Phi) is 1.02. The average Bonchev–Trinajstić information content (AvgIpc) is 2.55. The molecule has 0 aromatic carbocycles. The lowest BCUT2D eigenvalue weighted by atomic mass is 9.33. The Bertz CT molecular complexity index is 484. The lowest BCUT2D eigenvalue weighted by molar-refractivity contribution is -0.221. The van der Waals surface area contributed by atoms with Crippen LogP contribution in [0.25, 0.3) is 0 Å². The van der Waals surface area contributed by atoms with E-state index in [9.17, 15) is 14.7 Å². The van der Waals surface area contributed by atoms with Gasteiger partial charge in [-0.25, -0.2) is 0 Å². The molecule has 0 amide bonds. The standard InChI is InChI=1S/C13H16O3/c1-10-4-11(2)7-6(9(15)16)8(14)12(3,5-10)13(7,10)11/h6-7H,4-5H2,1-3H3,(H,15,16). The van der Waals surface area contributed by atoms with Gasteiger partial charge in [0.1, 0.15) is 5.92 Å². The number of carbonyl (C=O) groups excluding carboxylic acids is 1. The van der Waals surface area contributed by atoms with E-state index in [1.54, 1.807) is 0 Å². The number of ketones is 1. The van der Waals surface area contributed by atoms with E-state index < -0.39 is 11.9 Å². The summed E-state index contributed by atoms with van der Waals surface area (Å²) in [6.45, 7) is 6.45. The molecule has 1 N–H and O–H groups in total. The zero-order valence-electron chi connectivity index (χ0n) is 9.83. The molecule has 4 aliphatic carbocycles. The molecule has 0 aliphatic heterocycles. The normalized spacial score (nSPS) is 68.8. The molecule has 4 rings (SSSR count). The highest BCUT2D eigenvalue weighted by atomic mass is 16.4. The monoisotopic (exact) mass is 220 g/mol. The molecule has 3 nitrogen and oxygen atoms in total. The molecule has 4 fully saturated rings. The van der Waals surface area contributed by atoms with Crippen molar-refractivity contribution in [2.45, 2.75) is 33.6 Å². The lowest BCUT2D eigenvalue weighted by Crippen LogP contribution is -2.67. The van der Waals surface area contributed by atoms with Gasteiger partial charge >= 0.3 is 5.97 Å². The second-order valence-electron chi connectivity index (χ2n) is 7.13. The van der Waals surface area contributed by atoms with Crippen LogP contribution in [0.15, 0.2) is 0 Å². The molecule has 0 saturated heterocycles. The van der Waals surface area contributed by atoms with Crippen molar-refractivity contribution in [2.75, 3.05) is 0 Å². The van der Waals surface area contributed by atoms with Crippen LogP contribution < -0.4 is 0 Å². The molecular weight excluding hydrogens is 204 g/mol. The fourth-order valence-corrected chi connectivity index (χ4v) is 7.18. The Morgan fingerprint density at radius 2 is 1.94 bits per heavy atom. The minimum Gasteiger partial charge on any atom is -0.481 e. The van der Waals surface area contributed by atoms with E-state index in [1.807, 2.05) is 6.92 Å². The highest BCUT2D eigenvalue weighted by Crippen LogP contribution is 3.05. The lowest BCUT2D eigenvalue weighted by Gasteiger charge is -2.69. The highest BCUT2D eigenvalue weighted by Gasteiger charge is 3.04. The van der Waals surface area contributed by atoms with E-state index in [4.69, 9.17) is 0 Å². The summed E-state index contributed by atoms with van der Waals surface area (Å²) in [6, 6.07) is 0. The summed E-state index contributed by atoms with van der Waals surface area (Å²) in [5.41, 5.74) is 0.169. The Morgan fingerprint density at radius 1 is 1.31 bits per heavy atom. The number of aliphatic carboxylic acids is 1. The Hall–Kier alpha value is -0.860. The van der Waals surface area contributed by atoms with Gasteiger partial charge in [-0.05, 0) is 35.0 Å². The van der Waals surface area contributed by atoms with Crippen LogP contribution in [0, 0.1) is 33.5 Å². The molecule has 4 aliphatic rings. The number of Topliss-reactive ketones (excluding diaryl/α,β-unsaturated/α-hetero) is 1. The molecule has 6 unspecified atom stereocenters. The van der Waals surface area contributed by atoms with Gasteiger partial charge in [-0.3, -0.25) is 9.59 Å². The summed E-state index contributed by atoms with van der Waals surface area (Å²) in [4.78, 5) is 23.5. The summed E-state index contributed by atoms with van der Waals surface area (Å²) in [7, 11) is 0. The van der Waals surface area contributed by atoms with Crippen LogP contribution in [0.5, 0.6) is 0 Å². The fraction of sp³-hybridized carbons (Fsp3) is 0.846. The Balaban J connectivity index is 1.92. The van der Waals surface area contributed by atoms with Gasteiger partial charge in [-0.1, -0.05) is 20.8 Å². The number of carboxylic acids is 1. The molecule has 1 spiro atoms. The van der Waals surface area contributed by atoms with E-state index in [0.717, 1.165) is 12.8 Å². The molecule has 0 radical (unpaired) electrons. The predicted molar refractivity (Wildman–Crippen MR) is 55.6 cm³/mol. The third-order valence-electron chi connectivity index (χ3n) is 6.72. The first-order chi connectivity index (χ1) is 7.26. The molecule has 16 heavy (non-hydrogen) atoms. The summed E-state index contributed by atoms with van der Waals surface area (Å²) in [6.07, 6.45) is 2.03. The number of rotatable bonds is 1. The van der Waals surface area contributed by atoms with Gasteiger partial charge < -0.3 is 5.11 Å². The molecule has 0 aromatic heterocycles. The first-order valence-electron chi connectivity index (χ1n) is 6.03. The fourth-order valence-electron chi connectivity index (χ4n) is 7.18. The van der Waals surface area contributed by atoms with E-state index in [-0.39, 0.29) is 33.4 Å². The van der Waals surface area contributed by atoms with Crippen LogP contribution in [-0.2, 0) is 9.59 Å². The van der Waals surface area contributed by atoms with Crippen molar-refractivity contribution >= 4 is 11.8 Å². The Morgan fingerprint density at radius 3 is 2.38 bits per heavy atom. The topological polar surface area (TPSA) is 54.4 Å². The van der Waals surface area contributed by atoms with Crippen molar-refractivity contribution in [3.63, 3.8) is 0 Å². The Labute approximate surface area is 94.2 Å². The summed E-state index contributed by atoms with van der Waals surface area (Å²) >= 11 is 0. The van der Waals surface area contributed by atoms with Crippen LogP contribution >= 0.6 is 0 Å². The number of fused-ring (bicyclic) bond motifs is 1. The van der Waals surface area contributed by atoms with Gasteiger partial charge in [0.05, 0.1) is 0 Å². The van der Waals surface area contributed by atoms with Gasteiger partial charge in [-0.15, -0.1) is 0 Å². The van der Waals surface area contributed by atoms with E-state index in [1.165, 1.54) is 0 Å². The maximum absolute atomic E-state index is 12.2. The number of carbonyl (C=O) groups is 2. The summed E-state index contributed by atoms with van der Waals surface area (Å²) in [5, 5.41) is 9.27. The molecule has 4 saturated carbocycles. The van der Waals surface area contributed by atoms with Crippen molar-refractivity contribution in [3.8, 4) is 0 Å². The quantitative estimate of drug-likeness (QED) is 0.684. The minimum absolute atomic E-state index is 0.0136. The summed E-state index contributed by atoms with van der Waals surface area (Å²) < 4.78 is 0. The maximum Gasteiger partial charge on any atom is 0.314 e. The summed E-state index contributed by atoms with van der Waals surface area (Å²) in [5.74, 6) is -1.45. The van der Waals surface area contributed by atoms with Gasteiger partial charge in [0.2, 0.25) is 0 Å². The van der Waals surface area contributed by atoms with Crippen molar-refractivity contribution in [1.82, 2.24) is 0 Å². The van der Waals surface area contributed by atoms with Crippen molar-refractivity contribution in [2.24, 2.45) is 33.5 Å². The molecule has 6 atom stereocenters. The van der Waals surface area contributed by atoms with Crippen LogP contribution in [-0.4, -0.2) is 16.9 Å².